The lowest BCUT2D eigenvalue weighted by atomic mass is 10.1. The SMILES string of the molecule is CCOc1cc(C(=O)N2CCN[C@@H](C)C2)ccc1OCc1ccncc1. The van der Waals surface area contributed by atoms with Gasteiger partial charge in [-0.15, -0.1) is 0 Å². The van der Waals surface area contributed by atoms with Crippen LogP contribution in [0.3, 0.4) is 0 Å². The summed E-state index contributed by atoms with van der Waals surface area (Å²) in [7, 11) is 0. The summed E-state index contributed by atoms with van der Waals surface area (Å²) in [5.41, 5.74) is 1.65. The molecule has 26 heavy (non-hydrogen) atoms. The highest BCUT2D eigenvalue weighted by Crippen LogP contribution is 2.30. The molecule has 6 heteroatoms. The molecule has 2 aromatic rings. The lowest BCUT2D eigenvalue weighted by Gasteiger charge is -2.32. The monoisotopic (exact) mass is 355 g/mol. The molecule has 0 saturated carbocycles. The van der Waals surface area contributed by atoms with Gasteiger partial charge in [0.05, 0.1) is 6.61 Å². The molecule has 138 valence electrons. The molecule has 0 aliphatic carbocycles. The van der Waals surface area contributed by atoms with Gasteiger partial charge in [0.15, 0.2) is 11.5 Å². The Balaban J connectivity index is 1.74. The Labute approximate surface area is 154 Å². The highest BCUT2D eigenvalue weighted by Gasteiger charge is 2.22. The fourth-order valence-corrected chi connectivity index (χ4v) is 2.97. The van der Waals surface area contributed by atoms with E-state index >= 15 is 0 Å². The Kier molecular flexibility index (Phi) is 6.07. The number of amides is 1. The minimum atomic E-state index is 0.0278. The molecule has 0 spiro atoms. The summed E-state index contributed by atoms with van der Waals surface area (Å²) in [6.45, 7) is 7.17. The van der Waals surface area contributed by atoms with Gasteiger partial charge in [0.25, 0.3) is 5.91 Å². The average Bonchev–Trinajstić information content (AvgIpc) is 2.67. The zero-order valence-electron chi connectivity index (χ0n) is 15.3. The second kappa shape index (κ2) is 8.67. The molecule has 1 aliphatic rings. The van der Waals surface area contributed by atoms with E-state index in [0.29, 0.717) is 49.4 Å². The van der Waals surface area contributed by atoms with Gasteiger partial charge in [-0.25, -0.2) is 0 Å². The van der Waals surface area contributed by atoms with E-state index in [1.54, 1.807) is 24.5 Å². The zero-order valence-corrected chi connectivity index (χ0v) is 15.3. The van der Waals surface area contributed by atoms with E-state index in [0.717, 1.165) is 12.1 Å². The van der Waals surface area contributed by atoms with Crippen LogP contribution in [0.5, 0.6) is 11.5 Å². The van der Waals surface area contributed by atoms with Gasteiger partial charge in [-0.1, -0.05) is 0 Å². The van der Waals surface area contributed by atoms with Crippen molar-refractivity contribution in [2.24, 2.45) is 0 Å². The molecule has 0 bridgehead atoms. The Hall–Kier alpha value is -2.60. The Bertz CT molecular complexity index is 736. The first-order valence-electron chi connectivity index (χ1n) is 8.98. The van der Waals surface area contributed by atoms with Crippen molar-refractivity contribution >= 4 is 5.91 Å². The van der Waals surface area contributed by atoms with Gasteiger partial charge in [0.1, 0.15) is 6.61 Å². The van der Waals surface area contributed by atoms with Crippen LogP contribution in [0.4, 0.5) is 0 Å². The lowest BCUT2D eigenvalue weighted by molar-refractivity contribution is 0.0708. The fraction of sp³-hybridized carbons (Fsp3) is 0.400. The van der Waals surface area contributed by atoms with Gasteiger partial charge in [-0.2, -0.15) is 0 Å². The van der Waals surface area contributed by atoms with E-state index < -0.39 is 0 Å². The predicted molar refractivity (Wildman–Crippen MR) is 99.5 cm³/mol. The highest BCUT2D eigenvalue weighted by atomic mass is 16.5. The molecule has 0 radical (unpaired) electrons. The van der Waals surface area contributed by atoms with Crippen molar-refractivity contribution in [1.29, 1.82) is 0 Å². The largest absolute Gasteiger partial charge is 0.490 e. The summed E-state index contributed by atoms with van der Waals surface area (Å²) < 4.78 is 11.6. The summed E-state index contributed by atoms with van der Waals surface area (Å²) in [6, 6.07) is 9.51. The quantitative estimate of drug-likeness (QED) is 0.863. The molecule has 1 saturated heterocycles. The van der Waals surface area contributed by atoms with Crippen LogP contribution >= 0.6 is 0 Å². The van der Waals surface area contributed by atoms with E-state index in [1.165, 1.54) is 0 Å². The van der Waals surface area contributed by atoms with Crippen molar-refractivity contribution in [2.75, 3.05) is 26.2 Å². The second-order valence-electron chi connectivity index (χ2n) is 6.35. The van der Waals surface area contributed by atoms with E-state index in [4.69, 9.17) is 9.47 Å². The number of hydrogen-bond acceptors (Lipinski definition) is 5. The number of piperazine rings is 1. The van der Waals surface area contributed by atoms with Gasteiger partial charge >= 0.3 is 0 Å². The summed E-state index contributed by atoms with van der Waals surface area (Å²) in [6.07, 6.45) is 3.47. The van der Waals surface area contributed by atoms with Crippen LogP contribution in [0.25, 0.3) is 0 Å². The Morgan fingerprint density at radius 3 is 2.77 bits per heavy atom. The number of rotatable bonds is 6. The highest BCUT2D eigenvalue weighted by molar-refractivity contribution is 5.95. The van der Waals surface area contributed by atoms with Crippen molar-refractivity contribution in [1.82, 2.24) is 15.2 Å². The number of nitrogens with one attached hydrogen (secondary N) is 1. The van der Waals surface area contributed by atoms with Crippen LogP contribution in [0.1, 0.15) is 29.8 Å². The maximum Gasteiger partial charge on any atom is 0.254 e. The predicted octanol–water partition coefficient (Wildman–Crippen LogP) is 2.49. The fourth-order valence-electron chi connectivity index (χ4n) is 2.97. The molecule has 2 heterocycles. The van der Waals surface area contributed by atoms with Gasteiger partial charge in [-0.3, -0.25) is 9.78 Å². The Morgan fingerprint density at radius 2 is 2.04 bits per heavy atom. The number of carbonyl (C=O) groups excluding carboxylic acids is 1. The molecule has 1 atom stereocenters. The number of aromatic nitrogens is 1. The van der Waals surface area contributed by atoms with Gasteiger partial charge in [0.2, 0.25) is 0 Å². The maximum absolute atomic E-state index is 12.8. The number of benzene rings is 1. The lowest BCUT2D eigenvalue weighted by Crippen LogP contribution is -2.51. The Morgan fingerprint density at radius 1 is 1.23 bits per heavy atom. The third-order valence-electron chi connectivity index (χ3n) is 4.29. The van der Waals surface area contributed by atoms with E-state index in [9.17, 15) is 4.79 Å². The topological polar surface area (TPSA) is 63.7 Å². The molecule has 1 fully saturated rings. The van der Waals surface area contributed by atoms with Crippen molar-refractivity contribution in [3.63, 3.8) is 0 Å². The third kappa shape index (κ3) is 4.52. The van der Waals surface area contributed by atoms with Gasteiger partial charge < -0.3 is 19.7 Å². The average molecular weight is 355 g/mol. The number of pyridine rings is 1. The number of hydrogen-bond donors (Lipinski definition) is 1. The molecular formula is C20H25N3O3. The number of carbonyl (C=O) groups is 1. The molecular weight excluding hydrogens is 330 g/mol. The van der Waals surface area contributed by atoms with E-state index in [-0.39, 0.29) is 5.91 Å². The van der Waals surface area contributed by atoms with Crippen molar-refractivity contribution in [3.8, 4) is 11.5 Å². The van der Waals surface area contributed by atoms with Crippen LogP contribution in [-0.4, -0.2) is 48.1 Å². The standard InChI is InChI=1S/C20H25N3O3/c1-3-25-19-12-17(20(24)23-11-10-22-15(2)13-23)4-5-18(19)26-14-16-6-8-21-9-7-16/h4-9,12,15,22H,3,10-11,13-14H2,1-2H3/t15-/m0/s1. The summed E-state index contributed by atoms with van der Waals surface area (Å²) in [5.74, 6) is 1.25. The minimum Gasteiger partial charge on any atom is -0.490 e. The van der Waals surface area contributed by atoms with Crippen LogP contribution in [0.15, 0.2) is 42.7 Å². The molecule has 1 N–H and O–H groups in total. The van der Waals surface area contributed by atoms with Crippen LogP contribution < -0.4 is 14.8 Å². The van der Waals surface area contributed by atoms with Crippen LogP contribution in [0.2, 0.25) is 0 Å². The smallest absolute Gasteiger partial charge is 0.254 e. The molecule has 6 nitrogen and oxygen atoms in total. The molecule has 1 aliphatic heterocycles. The first-order chi connectivity index (χ1) is 12.7. The first kappa shape index (κ1) is 18.2. The van der Waals surface area contributed by atoms with Crippen molar-refractivity contribution in [2.45, 2.75) is 26.5 Å². The third-order valence-corrected chi connectivity index (χ3v) is 4.29. The first-order valence-corrected chi connectivity index (χ1v) is 8.98. The molecule has 1 amide bonds. The molecule has 3 rings (SSSR count). The summed E-state index contributed by atoms with van der Waals surface area (Å²) in [4.78, 5) is 18.7. The molecule has 0 unspecified atom stereocenters. The molecule has 1 aromatic carbocycles. The normalized spacial score (nSPS) is 17.0. The minimum absolute atomic E-state index is 0.0278. The van der Waals surface area contributed by atoms with E-state index in [2.05, 4.69) is 17.2 Å². The second-order valence-corrected chi connectivity index (χ2v) is 6.35. The number of ether oxygens (including phenoxy) is 2. The van der Waals surface area contributed by atoms with Crippen molar-refractivity contribution in [3.05, 3.63) is 53.9 Å². The maximum atomic E-state index is 12.8. The van der Waals surface area contributed by atoms with Gasteiger partial charge in [0, 0.05) is 43.6 Å². The summed E-state index contributed by atoms with van der Waals surface area (Å²) >= 11 is 0. The van der Waals surface area contributed by atoms with Crippen LogP contribution in [0, 0.1) is 0 Å². The van der Waals surface area contributed by atoms with Gasteiger partial charge in [-0.05, 0) is 49.7 Å². The zero-order chi connectivity index (χ0) is 18.4. The molecule has 1 aromatic heterocycles. The number of nitrogens with zero attached hydrogens (tertiary/aromatic N) is 2. The van der Waals surface area contributed by atoms with Crippen LogP contribution in [-0.2, 0) is 6.61 Å². The van der Waals surface area contributed by atoms with E-state index in [1.807, 2.05) is 30.0 Å². The summed E-state index contributed by atoms with van der Waals surface area (Å²) in [5, 5.41) is 3.35. The van der Waals surface area contributed by atoms with Crippen molar-refractivity contribution < 1.29 is 14.3 Å².